The van der Waals surface area contributed by atoms with Gasteiger partial charge in [0.15, 0.2) is 0 Å². The number of hydrogen-bond donors (Lipinski definition) is 0. The topological polar surface area (TPSA) is 265 Å². The Labute approximate surface area is 99.6 Å². The second kappa shape index (κ2) is 23.3. The van der Waals surface area contributed by atoms with Crippen molar-refractivity contribution in [2.75, 3.05) is 0 Å². The maximum atomic E-state index is 8.25. The molecule has 16 nitrogen and oxygen atoms in total. The molecule has 0 heterocycles. The second-order valence-corrected chi connectivity index (χ2v) is 0.894. The summed E-state index contributed by atoms with van der Waals surface area (Å²) in [5.41, 5.74) is 0. The van der Waals surface area contributed by atoms with E-state index < -0.39 is 20.3 Å². The van der Waals surface area contributed by atoms with E-state index in [0.717, 1.165) is 0 Å². The van der Waals surface area contributed by atoms with Crippen molar-refractivity contribution < 1.29 is 37.4 Å². The normalized spacial score (nSPS) is 5.65. The minimum Gasteiger partial charge on any atom is -0.356 e. The fourth-order valence-corrected chi connectivity index (χ4v) is 0. The third-order valence-electron chi connectivity index (χ3n) is 0. The Kier molecular flexibility index (Phi) is 40.0. The first-order chi connectivity index (χ1) is 6.93. The molecule has 0 aromatic heterocycles. The Morgan fingerprint density at radius 3 is 0.412 bits per heavy atom. The summed E-state index contributed by atoms with van der Waals surface area (Å²) in [5, 5.41) is 59.0. The van der Waals surface area contributed by atoms with E-state index in [1.807, 2.05) is 0 Å². The molecular formula is MnN4O12. The van der Waals surface area contributed by atoms with Gasteiger partial charge in [-0.05, 0) is 0 Å². The van der Waals surface area contributed by atoms with Crippen LogP contribution in [0.15, 0.2) is 0 Å². The van der Waals surface area contributed by atoms with Crippen molar-refractivity contribution in [2.24, 2.45) is 0 Å². The fourth-order valence-electron chi connectivity index (χ4n) is 0. The van der Waals surface area contributed by atoms with Crippen LogP contribution in [-0.2, 0) is 17.1 Å². The molecule has 0 N–H and O–H groups in total. The predicted octanol–water partition coefficient (Wildman–Crippen LogP) is -0.959. The molecule has 0 saturated carbocycles. The molecule has 17 heteroatoms. The zero-order valence-corrected chi connectivity index (χ0v) is 8.25. The van der Waals surface area contributed by atoms with Gasteiger partial charge in [-0.25, -0.2) is 0 Å². The van der Waals surface area contributed by atoms with Gasteiger partial charge in [-0.2, -0.15) is 0 Å². The molecule has 0 amide bonds. The van der Waals surface area contributed by atoms with Gasteiger partial charge in [0.25, 0.3) is 0 Å². The van der Waals surface area contributed by atoms with Crippen molar-refractivity contribution in [3.8, 4) is 0 Å². The minimum absolute atomic E-state index is 0. The monoisotopic (exact) mass is 303 g/mol. The molecule has 0 spiro atoms. The molecule has 0 unspecified atom stereocenters. The predicted molar refractivity (Wildman–Crippen MR) is 41.4 cm³/mol. The molecular weight excluding hydrogens is 303 g/mol. The van der Waals surface area contributed by atoms with Crippen LogP contribution in [-0.4, -0.2) is 20.3 Å². The van der Waals surface area contributed by atoms with E-state index in [9.17, 15) is 0 Å². The van der Waals surface area contributed by atoms with E-state index in [1.54, 1.807) is 0 Å². The minimum atomic E-state index is -1.75. The van der Waals surface area contributed by atoms with Crippen LogP contribution in [0.4, 0.5) is 0 Å². The average molecular weight is 303 g/mol. The van der Waals surface area contributed by atoms with E-state index in [0.29, 0.717) is 0 Å². The molecule has 0 aliphatic carbocycles. The first kappa shape index (κ1) is 29.2. The first-order valence-electron chi connectivity index (χ1n) is 2.19. The van der Waals surface area contributed by atoms with Crippen LogP contribution in [0.2, 0.25) is 0 Å². The quantitative estimate of drug-likeness (QED) is 0.297. The van der Waals surface area contributed by atoms with E-state index in [1.165, 1.54) is 0 Å². The molecule has 99 valence electrons. The van der Waals surface area contributed by atoms with Crippen LogP contribution in [0.5, 0.6) is 0 Å². The molecule has 0 aromatic rings. The van der Waals surface area contributed by atoms with Crippen molar-refractivity contribution in [2.45, 2.75) is 0 Å². The molecule has 17 heavy (non-hydrogen) atoms. The SMILES string of the molecule is O=[N+]([O-])[O-].O=[N+]([O-])[O-].O=[N+]([O-])[O-].O=[N+]([O-])[O-].[Mn+4]. The molecule has 0 aromatic carbocycles. The number of hydrogen-bond acceptors (Lipinski definition) is 12. The molecule has 0 fully saturated rings. The van der Waals surface area contributed by atoms with Crippen molar-refractivity contribution >= 4 is 0 Å². The zero-order chi connectivity index (χ0) is 14.3. The summed E-state index contributed by atoms with van der Waals surface area (Å²) < 4.78 is 0. The van der Waals surface area contributed by atoms with Gasteiger partial charge in [0, 0.05) is 0 Å². The van der Waals surface area contributed by atoms with Gasteiger partial charge in [-0.1, -0.05) is 0 Å². The Hall–Kier alpha value is -2.68. The third kappa shape index (κ3) is 238. The summed E-state index contributed by atoms with van der Waals surface area (Å²) in [6, 6.07) is 0. The summed E-state index contributed by atoms with van der Waals surface area (Å²) in [4.78, 5) is 33.0. The third-order valence-corrected chi connectivity index (χ3v) is 0. The Morgan fingerprint density at radius 2 is 0.412 bits per heavy atom. The maximum absolute atomic E-state index is 8.25. The van der Waals surface area contributed by atoms with Gasteiger partial charge < -0.3 is 61.3 Å². The van der Waals surface area contributed by atoms with Gasteiger partial charge in [-0.15, -0.1) is 0 Å². The van der Waals surface area contributed by atoms with Crippen molar-refractivity contribution in [3.05, 3.63) is 61.3 Å². The van der Waals surface area contributed by atoms with Crippen molar-refractivity contribution in [1.29, 1.82) is 0 Å². The van der Waals surface area contributed by atoms with Crippen LogP contribution in [0, 0.1) is 61.3 Å². The number of rotatable bonds is 0. The van der Waals surface area contributed by atoms with Crippen LogP contribution < -0.4 is 0 Å². The fraction of sp³-hybridized carbons (Fsp3) is 0. The maximum Gasteiger partial charge on any atom is 4.00 e. The average Bonchev–Trinajstić information content (AvgIpc) is 1.76. The Balaban J connectivity index is -0.0000000369. The summed E-state index contributed by atoms with van der Waals surface area (Å²) in [6.45, 7) is 0. The van der Waals surface area contributed by atoms with Crippen LogP contribution in [0.3, 0.4) is 0 Å². The summed E-state index contributed by atoms with van der Waals surface area (Å²) >= 11 is 0. The summed E-state index contributed by atoms with van der Waals surface area (Å²) in [6.07, 6.45) is 0. The molecule has 0 aliphatic rings. The molecule has 0 aliphatic heterocycles. The van der Waals surface area contributed by atoms with Crippen molar-refractivity contribution in [3.63, 3.8) is 0 Å². The van der Waals surface area contributed by atoms with Gasteiger partial charge in [0.1, 0.15) is 0 Å². The van der Waals surface area contributed by atoms with Crippen molar-refractivity contribution in [1.82, 2.24) is 0 Å². The van der Waals surface area contributed by atoms with E-state index in [-0.39, 0.29) is 17.1 Å². The standard InChI is InChI=1S/Mn.4NO3/c;4*2-1(3)4/q+4;4*-1. The largest absolute Gasteiger partial charge is 4.00 e. The summed E-state index contributed by atoms with van der Waals surface area (Å²) in [7, 11) is 0. The van der Waals surface area contributed by atoms with Crippen LogP contribution in [0.1, 0.15) is 0 Å². The van der Waals surface area contributed by atoms with Gasteiger partial charge in [-0.3, -0.25) is 0 Å². The van der Waals surface area contributed by atoms with E-state index in [2.05, 4.69) is 0 Å². The Bertz CT molecular complexity index is 159. The second-order valence-electron chi connectivity index (χ2n) is 0.894. The van der Waals surface area contributed by atoms with Gasteiger partial charge >= 0.3 is 17.1 Å². The van der Waals surface area contributed by atoms with Gasteiger partial charge in [0.05, 0.1) is 20.3 Å². The number of nitrogens with zero attached hydrogens (tertiary/aromatic N) is 4. The molecule has 0 saturated heterocycles. The zero-order valence-electron chi connectivity index (χ0n) is 7.07. The molecule has 1 radical (unpaired) electrons. The van der Waals surface area contributed by atoms with E-state index >= 15 is 0 Å². The Morgan fingerprint density at radius 1 is 0.412 bits per heavy atom. The van der Waals surface area contributed by atoms with Crippen LogP contribution in [0.25, 0.3) is 0 Å². The molecule has 0 rings (SSSR count). The van der Waals surface area contributed by atoms with Gasteiger partial charge in [0.2, 0.25) is 0 Å². The van der Waals surface area contributed by atoms with E-state index in [4.69, 9.17) is 61.3 Å². The first-order valence-corrected chi connectivity index (χ1v) is 2.19. The summed E-state index contributed by atoms with van der Waals surface area (Å²) in [5.74, 6) is 0. The molecule has 0 atom stereocenters. The smallest absolute Gasteiger partial charge is 0.356 e. The molecule has 0 bridgehead atoms. The van der Waals surface area contributed by atoms with Crippen LogP contribution >= 0.6 is 0 Å².